The molecule has 0 bridgehead atoms. The number of fused-ring (bicyclic) bond motifs is 1. The van der Waals surface area contributed by atoms with Crippen molar-refractivity contribution >= 4 is 10.9 Å². The Morgan fingerprint density at radius 3 is 2.80 bits per heavy atom. The number of nitrogens with zero attached hydrogens (tertiary/aromatic N) is 1. The molecule has 1 aromatic carbocycles. The Morgan fingerprint density at radius 2 is 2.05 bits per heavy atom. The van der Waals surface area contributed by atoms with Crippen LogP contribution in [0.15, 0.2) is 30.5 Å². The maximum absolute atomic E-state index is 9.38. The van der Waals surface area contributed by atoms with Crippen molar-refractivity contribution < 1.29 is 5.11 Å². The predicted molar refractivity (Wildman–Crippen MR) is 80.7 cm³/mol. The number of benzene rings is 1. The highest BCUT2D eigenvalue weighted by Gasteiger charge is 2.16. The second-order valence-electron chi connectivity index (χ2n) is 5.14. The van der Waals surface area contributed by atoms with Gasteiger partial charge in [0.1, 0.15) is 5.82 Å². The van der Waals surface area contributed by atoms with E-state index in [-0.39, 0.29) is 12.5 Å². The average molecular weight is 269 g/mol. The van der Waals surface area contributed by atoms with Crippen LogP contribution in [0, 0.1) is 6.92 Å². The van der Waals surface area contributed by atoms with Crippen LogP contribution in [0.25, 0.3) is 22.2 Å². The fourth-order valence-corrected chi connectivity index (χ4v) is 2.70. The lowest BCUT2D eigenvalue weighted by molar-refractivity contribution is 0.258. The number of para-hydroxylation sites is 1. The number of nitrogens with one attached hydrogen (secondary N) is 2. The molecule has 0 amide bonds. The van der Waals surface area contributed by atoms with E-state index in [0.717, 1.165) is 34.7 Å². The summed E-state index contributed by atoms with van der Waals surface area (Å²) in [5, 5.41) is 10.6. The molecule has 0 aliphatic heterocycles. The van der Waals surface area contributed by atoms with E-state index in [0.29, 0.717) is 0 Å². The Balaban J connectivity index is 2.10. The summed E-state index contributed by atoms with van der Waals surface area (Å²) >= 11 is 0. The molecule has 0 saturated carbocycles. The van der Waals surface area contributed by atoms with E-state index in [9.17, 15) is 5.11 Å². The van der Waals surface area contributed by atoms with Gasteiger partial charge >= 0.3 is 0 Å². The van der Waals surface area contributed by atoms with E-state index in [1.165, 1.54) is 5.39 Å². The zero-order chi connectivity index (χ0) is 14.1. The Morgan fingerprint density at radius 1 is 1.25 bits per heavy atom. The molecular formula is C16H19N3O. The van der Waals surface area contributed by atoms with Crippen molar-refractivity contribution in [2.45, 2.75) is 26.2 Å². The Bertz CT molecular complexity index is 722. The van der Waals surface area contributed by atoms with Gasteiger partial charge in [0, 0.05) is 28.1 Å². The monoisotopic (exact) mass is 269 g/mol. The van der Waals surface area contributed by atoms with Crippen molar-refractivity contribution in [2.24, 2.45) is 0 Å². The Labute approximate surface area is 117 Å². The average Bonchev–Trinajstić information content (AvgIpc) is 3.03. The molecule has 3 aromatic rings. The molecule has 2 aromatic heterocycles. The number of aliphatic hydroxyl groups is 1. The third-order valence-corrected chi connectivity index (χ3v) is 3.86. The second-order valence-corrected chi connectivity index (χ2v) is 5.14. The van der Waals surface area contributed by atoms with Gasteiger partial charge in [-0.05, 0) is 19.4 Å². The Kier molecular flexibility index (Phi) is 3.32. The molecule has 1 atom stereocenters. The minimum Gasteiger partial charge on any atom is -0.396 e. The zero-order valence-corrected chi connectivity index (χ0v) is 11.8. The van der Waals surface area contributed by atoms with Gasteiger partial charge in [-0.3, -0.25) is 0 Å². The van der Waals surface area contributed by atoms with Crippen LogP contribution in [0.4, 0.5) is 0 Å². The zero-order valence-electron chi connectivity index (χ0n) is 11.8. The van der Waals surface area contributed by atoms with Crippen LogP contribution in [0.5, 0.6) is 0 Å². The standard InChI is InChI=1S/C16H19N3O/c1-3-11(9-20)16-17-8-14(19-16)15-10(2)18-13-7-5-4-6-12(13)15/h4-8,11,18,20H,3,9H2,1-2H3,(H,17,19). The van der Waals surface area contributed by atoms with Gasteiger partial charge in [0.15, 0.2) is 0 Å². The smallest absolute Gasteiger partial charge is 0.111 e. The van der Waals surface area contributed by atoms with Crippen molar-refractivity contribution in [3.8, 4) is 11.3 Å². The fourth-order valence-electron chi connectivity index (χ4n) is 2.70. The normalized spacial score (nSPS) is 12.9. The number of aliphatic hydroxyl groups excluding tert-OH is 1. The van der Waals surface area contributed by atoms with Gasteiger partial charge in [0.2, 0.25) is 0 Å². The third-order valence-electron chi connectivity index (χ3n) is 3.86. The van der Waals surface area contributed by atoms with Crippen LogP contribution in [-0.2, 0) is 0 Å². The first-order chi connectivity index (χ1) is 9.74. The number of aromatic amines is 2. The van der Waals surface area contributed by atoms with Crippen LogP contribution in [-0.4, -0.2) is 26.7 Å². The molecule has 0 fully saturated rings. The summed E-state index contributed by atoms with van der Waals surface area (Å²) in [5.74, 6) is 0.934. The molecule has 4 heteroatoms. The molecule has 0 saturated heterocycles. The molecule has 1 unspecified atom stereocenters. The number of imidazole rings is 1. The number of H-pyrrole nitrogens is 2. The van der Waals surface area contributed by atoms with E-state index in [1.807, 2.05) is 18.3 Å². The van der Waals surface area contributed by atoms with E-state index in [1.54, 1.807) is 0 Å². The van der Waals surface area contributed by atoms with Crippen molar-refractivity contribution in [3.63, 3.8) is 0 Å². The lowest BCUT2D eigenvalue weighted by atomic mass is 10.1. The Hall–Kier alpha value is -2.07. The molecule has 20 heavy (non-hydrogen) atoms. The van der Waals surface area contributed by atoms with Crippen LogP contribution >= 0.6 is 0 Å². The molecule has 0 radical (unpaired) electrons. The molecule has 104 valence electrons. The number of hydrogen-bond donors (Lipinski definition) is 3. The van der Waals surface area contributed by atoms with Crippen LogP contribution in [0.2, 0.25) is 0 Å². The highest BCUT2D eigenvalue weighted by molar-refractivity contribution is 5.96. The van der Waals surface area contributed by atoms with Gasteiger partial charge in [-0.1, -0.05) is 25.1 Å². The van der Waals surface area contributed by atoms with Crippen molar-refractivity contribution in [1.82, 2.24) is 15.0 Å². The first-order valence-corrected chi connectivity index (χ1v) is 6.98. The minimum absolute atomic E-state index is 0.0780. The van der Waals surface area contributed by atoms with Gasteiger partial charge in [-0.2, -0.15) is 0 Å². The van der Waals surface area contributed by atoms with E-state index < -0.39 is 0 Å². The summed E-state index contributed by atoms with van der Waals surface area (Å²) in [4.78, 5) is 11.2. The third kappa shape index (κ3) is 2.02. The van der Waals surface area contributed by atoms with Gasteiger partial charge in [0.05, 0.1) is 18.5 Å². The topological polar surface area (TPSA) is 64.7 Å². The van der Waals surface area contributed by atoms with Crippen LogP contribution in [0.1, 0.15) is 30.8 Å². The fraction of sp³-hybridized carbons (Fsp3) is 0.312. The van der Waals surface area contributed by atoms with Crippen LogP contribution < -0.4 is 0 Å². The first-order valence-electron chi connectivity index (χ1n) is 6.98. The predicted octanol–water partition coefficient (Wildman–Crippen LogP) is 3.35. The molecule has 4 nitrogen and oxygen atoms in total. The van der Waals surface area contributed by atoms with Crippen LogP contribution in [0.3, 0.4) is 0 Å². The van der Waals surface area contributed by atoms with Gasteiger partial charge in [-0.25, -0.2) is 4.98 Å². The lowest BCUT2D eigenvalue weighted by Crippen LogP contribution is -2.04. The molecule has 2 heterocycles. The maximum atomic E-state index is 9.38. The summed E-state index contributed by atoms with van der Waals surface area (Å²) < 4.78 is 0. The molecule has 0 spiro atoms. The molecule has 0 aliphatic carbocycles. The van der Waals surface area contributed by atoms with E-state index in [4.69, 9.17) is 0 Å². The van der Waals surface area contributed by atoms with Crippen molar-refractivity contribution in [3.05, 3.63) is 42.0 Å². The molecule has 0 aliphatic rings. The highest BCUT2D eigenvalue weighted by Crippen LogP contribution is 2.31. The largest absolute Gasteiger partial charge is 0.396 e. The second kappa shape index (κ2) is 5.13. The van der Waals surface area contributed by atoms with E-state index in [2.05, 4.69) is 40.9 Å². The molecule has 3 rings (SSSR count). The summed E-state index contributed by atoms with van der Waals surface area (Å²) in [5.41, 5.74) is 4.41. The minimum atomic E-state index is 0.0780. The molecular weight excluding hydrogens is 250 g/mol. The summed E-state index contributed by atoms with van der Waals surface area (Å²) in [6.45, 7) is 4.25. The summed E-state index contributed by atoms with van der Waals surface area (Å²) in [6.07, 6.45) is 2.73. The number of aryl methyl sites for hydroxylation is 1. The number of hydrogen-bond acceptors (Lipinski definition) is 2. The quantitative estimate of drug-likeness (QED) is 0.680. The highest BCUT2D eigenvalue weighted by atomic mass is 16.3. The number of rotatable bonds is 4. The maximum Gasteiger partial charge on any atom is 0.111 e. The van der Waals surface area contributed by atoms with Gasteiger partial charge < -0.3 is 15.1 Å². The lowest BCUT2D eigenvalue weighted by Gasteiger charge is -2.07. The van der Waals surface area contributed by atoms with E-state index >= 15 is 0 Å². The first kappa shape index (κ1) is 12.9. The van der Waals surface area contributed by atoms with Crippen molar-refractivity contribution in [2.75, 3.05) is 6.61 Å². The van der Waals surface area contributed by atoms with Crippen molar-refractivity contribution in [1.29, 1.82) is 0 Å². The molecule has 3 N–H and O–H groups in total. The summed E-state index contributed by atoms with van der Waals surface area (Å²) in [6, 6.07) is 8.25. The SMILES string of the molecule is CCC(CO)c1ncc(-c2c(C)[nH]c3ccccc23)[nH]1. The van der Waals surface area contributed by atoms with Gasteiger partial charge in [0.25, 0.3) is 0 Å². The van der Waals surface area contributed by atoms with Gasteiger partial charge in [-0.15, -0.1) is 0 Å². The summed E-state index contributed by atoms with van der Waals surface area (Å²) in [7, 11) is 0. The number of aromatic nitrogens is 3.